The predicted molar refractivity (Wildman–Crippen MR) is 62.0 cm³/mol. The summed E-state index contributed by atoms with van der Waals surface area (Å²) in [6.07, 6.45) is 5.75. The van der Waals surface area contributed by atoms with Gasteiger partial charge < -0.3 is 5.32 Å². The molecule has 3 nitrogen and oxygen atoms in total. The van der Waals surface area contributed by atoms with Gasteiger partial charge in [0.2, 0.25) is 0 Å². The highest BCUT2D eigenvalue weighted by molar-refractivity contribution is 6.32. The molecule has 1 N–H and O–H groups in total. The third-order valence-electron chi connectivity index (χ3n) is 3.39. The number of rotatable bonds is 4. The topological polar surface area (TPSA) is 37.8 Å². The zero-order valence-electron chi connectivity index (χ0n) is 9.13. The first kappa shape index (κ1) is 10.7. The van der Waals surface area contributed by atoms with Gasteiger partial charge in [-0.05, 0) is 24.2 Å². The van der Waals surface area contributed by atoms with Crippen LogP contribution in [0.4, 0.5) is 5.82 Å². The summed E-state index contributed by atoms with van der Waals surface area (Å²) in [6.45, 7) is 5.51. The van der Waals surface area contributed by atoms with Crippen LogP contribution < -0.4 is 5.32 Å². The fraction of sp³-hybridized carbons (Fsp3) is 0.636. The first-order chi connectivity index (χ1) is 7.14. The molecule has 0 unspecified atom stereocenters. The van der Waals surface area contributed by atoms with E-state index < -0.39 is 0 Å². The van der Waals surface area contributed by atoms with Crippen molar-refractivity contribution in [2.45, 2.75) is 26.7 Å². The summed E-state index contributed by atoms with van der Waals surface area (Å²) >= 11 is 5.97. The minimum absolute atomic E-state index is 0.467. The van der Waals surface area contributed by atoms with Gasteiger partial charge in [-0.1, -0.05) is 25.4 Å². The van der Waals surface area contributed by atoms with Crippen molar-refractivity contribution in [3.63, 3.8) is 0 Å². The van der Waals surface area contributed by atoms with Crippen LogP contribution in [0, 0.1) is 11.3 Å². The lowest BCUT2D eigenvalue weighted by Gasteiger charge is -2.20. The van der Waals surface area contributed by atoms with Gasteiger partial charge >= 0.3 is 0 Å². The van der Waals surface area contributed by atoms with Gasteiger partial charge in [0.1, 0.15) is 17.2 Å². The number of hydrogen-bond acceptors (Lipinski definition) is 3. The highest BCUT2D eigenvalue weighted by atomic mass is 35.5. The van der Waals surface area contributed by atoms with Crippen molar-refractivity contribution in [2.24, 2.45) is 11.3 Å². The Morgan fingerprint density at radius 2 is 2.27 bits per heavy atom. The Morgan fingerprint density at radius 1 is 1.53 bits per heavy atom. The van der Waals surface area contributed by atoms with E-state index in [1.54, 1.807) is 6.20 Å². The van der Waals surface area contributed by atoms with Gasteiger partial charge in [-0.2, -0.15) is 0 Å². The summed E-state index contributed by atoms with van der Waals surface area (Å²) in [4.78, 5) is 7.97. The Labute approximate surface area is 95.3 Å². The summed E-state index contributed by atoms with van der Waals surface area (Å²) in [7, 11) is 0. The quantitative estimate of drug-likeness (QED) is 0.856. The van der Waals surface area contributed by atoms with Crippen LogP contribution in [0.25, 0.3) is 0 Å². The summed E-state index contributed by atoms with van der Waals surface area (Å²) in [5, 5.41) is 3.91. The largest absolute Gasteiger partial charge is 0.368 e. The number of nitrogens with zero attached hydrogens (tertiary/aromatic N) is 2. The summed E-state index contributed by atoms with van der Waals surface area (Å²) in [5.74, 6) is 1.46. The number of nitrogens with one attached hydrogen (secondary N) is 1. The lowest BCUT2D eigenvalue weighted by Crippen LogP contribution is -2.21. The lowest BCUT2D eigenvalue weighted by molar-refractivity contribution is 0.380. The molecule has 0 saturated heterocycles. The van der Waals surface area contributed by atoms with Crippen molar-refractivity contribution >= 4 is 17.4 Å². The molecular formula is C11H16ClN3. The molecular weight excluding hydrogens is 210 g/mol. The molecule has 15 heavy (non-hydrogen) atoms. The monoisotopic (exact) mass is 225 g/mol. The molecule has 1 aromatic heterocycles. The molecule has 0 amide bonds. The normalized spacial score (nSPS) is 17.9. The van der Waals surface area contributed by atoms with Crippen molar-refractivity contribution < 1.29 is 0 Å². The second kappa shape index (κ2) is 3.97. The van der Waals surface area contributed by atoms with Crippen LogP contribution in [-0.4, -0.2) is 16.5 Å². The number of aromatic nitrogens is 2. The van der Waals surface area contributed by atoms with Gasteiger partial charge in [-0.3, -0.25) is 0 Å². The van der Waals surface area contributed by atoms with Crippen LogP contribution in [0.15, 0.2) is 12.5 Å². The van der Waals surface area contributed by atoms with E-state index in [9.17, 15) is 0 Å². The molecule has 82 valence electrons. The molecule has 1 aliphatic rings. The maximum atomic E-state index is 5.97. The van der Waals surface area contributed by atoms with E-state index in [0.717, 1.165) is 12.4 Å². The standard InChI is InChI=1S/C11H16ClN3/c1-8(2)11(3-4-11)6-14-10-9(12)5-13-7-15-10/h5,7-8H,3-4,6H2,1-2H3,(H,13,14,15). The van der Waals surface area contributed by atoms with Crippen LogP contribution in [0.1, 0.15) is 26.7 Å². The van der Waals surface area contributed by atoms with Crippen molar-refractivity contribution in [1.82, 2.24) is 9.97 Å². The number of anilines is 1. The molecule has 0 atom stereocenters. The van der Waals surface area contributed by atoms with E-state index in [0.29, 0.717) is 16.4 Å². The van der Waals surface area contributed by atoms with Crippen molar-refractivity contribution in [2.75, 3.05) is 11.9 Å². The average molecular weight is 226 g/mol. The van der Waals surface area contributed by atoms with E-state index in [2.05, 4.69) is 29.1 Å². The first-order valence-electron chi connectivity index (χ1n) is 5.33. The SMILES string of the molecule is CC(C)C1(CNc2ncncc2Cl)CC1. The van der Waals surface area contributed by atoms with Gasteiger partial charge in [0.15, 0.2) is 0 Å². The van der Waals surface area contributed by atoms with Gasteiger partial charge in [-0.25, -0.2) is 9.97 Å². The number of hydrogen-bond donors (Lipinski definition) is 1. The summed E-state index contributed by atoms with van der Waals surface area (Å²) < 4.78 is 0. The smallest absolute Gasteiger partial charge is 0.148 e. The second-order valence-electron chi connectivity index (χ2n) is 4.59. The van der Waals surface area contributed by atoms with Crippen LogP contribution in [0.3, 0.4) is 0 Å². The summed E-state index contributed by atoms with van der Waals surface area (Å²) in [6, 6.07) is 0. The first-order valence-corrected chi connectivity index (χ1v) is 5.71. The van der Waals surface area contributed by atoms with Gasteiger partial charge in [0, 0.05) is 6.54 Å². The molecule has 1 aromatic rings. The van der Waals surface area contributed by atoms with E-state index in [-0.39, 0.29) is 0 Å². The third kappa shape index (κ3) is 2.23. The predicted octanol–water partition coefficient (Wildman–Crippen LogP) is 2.98. The zero-order valence-corrected chi connectivity index (χ0v) is 9.88. The Hall–Kier alpha value is -0.830. The molecule has 1 fully saturated rings. The lowest BCUT2D eigenvalue weighted by atomic mass is 9.92. The molecule has 0 aliphatic heterocycles. The molecule has 0 bridgehead atoms. The van der Waals surface area contributed by atoms with Gasteiger partial charge in [-0.15, -0.1) is 0 Å². The van der Waals surface area contributed by atoms with E-state index in [1.165, 1.54) is 19.2 Å². The molecule has 1 aliphatic carbocycles. The maximum Gasteiger partial charge on any atom is 0.148 e. The Bertz CT molecular complexity index is 347. The molecule has 0 aromatic carbocycles. The molecule has 1 heterocycles. The van der Waals surface area contributed by atoms with Gasteiger partial charge in [0.05, 0.1) is 6.20 Å². The molecule has 1 saturated carbocycles. The van der Waals surface area contributed by atoms with Crippen LogP contribution in [0.2, 0.25) is 5.02 Å². The van der Waals surface area contributed by atoms with E-state index in [4.69, 9.17) is 11.6 Å². The average Bonchev–Trinajstić information content (AvgIpc) is 2.98. The Kier molecular flexibility index (Phi) is 2.83. The second-order valence-corrected chi connectivity index (χ2v) is 5.00. The highest BCUT2D eigenvalue weighted by Gasteiger charge is 2.45. The third-order valence-corrected chi connectivity index (χ3v) is 3.67. The minimum atomic E-state index is 0.467. The van der Waals surface area contributed by atoms with Crippen LogP contribution in [0.5, 0.6) is 0 Å². The highest BCUT2D eigenvalue weighted by Crippen LogP contribution is 2.51. The minimum Gasteiger partial charge on any atom is -0.368 e. The van der Waals surface area contributed by atoms with E-state index in [1.807, 2.05) is 0 Å². The van der Waals surface area contributed by atoms with Crippen molar-refractivity contribution in [3.05, 3.63) is 17.5 Å². The van der Waals surface area contributed by atoms with Gasteiger partial charge in [0.25, 0.3) is 0 Å². The zero-order chi connectivity index (χ0) is 10.9. The Morgan fingerprint density at radius 3 is 2.80 bits per heavy atom. The fourth-order valence-corrected chi connectivity index (χ4v) is 1.99. The number of halogens is 1. The van der Waals surface area contributed by atoms with Crippen molar-refractivity contribution in [3.8, 4) is 0 Å². The molecule has 4 heteroatoms. The maximum absolute atomic E-state index is 5.97. The Balaban J connectivity index is 1.97. The molecule has 0 radical (unpaired) electrons. The fourth-order valence-electron chi connectivity index (χ4n) is 1.82. The van der Waals surface area contributed by atoms with Crippen molar-refractivity contribution in [1.29, 1.82) is 0 Å². The van der Waals surface area contributed by atoms with Crippen LogP contribution in [-0.2, 0) is 0 Å². The summed E-state index contributed by atoms with van der Waals surface area (Å²) in [5.41, 5.74) is 0.467. The van der Waals surface area contributed by atoms with E-state index >= 15 is 0 Å². The molecule has 0 spiro atoms. The molecule has 2 rings (SSSR count). The van der Waals surface area contributed by atoms with Crippen LogP contribution >= 0.6 is 11.6 Å².